The molecule has 5 nitrogen and oxygen atoms in total. The summed E-state index contributed by atoms with van der Waals surface area (Å²) in [6.07, 6.45) is 1.83. The molecular weight excluding hydrogens is 298 g/mol. The topological polar surface area (TPSA) is 64.1 Å². The molecule has 104 valence electrons. The minimum absolute atomic E-state index is 0.0645. The molecule has 0 aliphatic heterocycles. The summed E-state index contributed by atoms with van der Waals surface area (Å²) in [6.45, 7) is 0. The molecule has 0 fully saturated rings. The Bertz CT molecular complexity index is 623. The average molecular weight is 310 g/mol. The first-order valence-electron chi connectivity index (χ1n) is 5.67. The first-order chi connectivity index (χ1) is 9.65. The number of para-hydroxylation sites is 1. The summed E-state index contributed by atoms with van der Waals surface area (Å²) >= 11 is 7.38. The van der Waals surface area contributed by atoms with Crippen LogP contribution in [0.3, 0.4) is 0 Å². The Balaban J connectivity index is 2.48. The fourth-order valence-electron chi connectivity index (χ4n) is 1.54. The Morgan fingerprint density at radius 2 is 2.00 bits per heavy atom. The second-order valence-corrected chi connectivity index (χ2v) is 4.84. The summed E-state index contributed by atoms with van der Waals surface area (Å²) in [5, 5.41) is 3.59. The van der Waals surface area contributed by atoms with Gasteiger partial charge in [-0.15, -0.1) is 0 Å². The highest BCUT2D eigenvalue weighted by molar-refractivity contribution is 7.98. The average Bonchev–Trinajstić information content (AvgIpc) is 2.47. The molecule has 0 saturated carbocycles. The van der Waals surface area contributed by atoms with E-state index in [0.717, 1.165) is 5.69 Å². The summed E-state index contributed by atoms with van der Waals surface area (Å²) in [5.74, 6) is -0.256. The number of esters is 1. The van der Waals surface area contributed by atoms with Crippen LogP contribution in [0.4, 0.5) is 11.5 Å². The molecule has 0 aliphatic carbocycles. The third-order valence-electron chi connectivity index (χ3n) is 2.45. The van der Waals surface area contributed by atoms with Gasteiger partial charge in [-0.2, -0.15) is 0 Å². The van der Waals surface area contributed by atoms with E-state index in [1.54, 1.807) is 0 Å². The van der Waals surface area contributed by atoms with Gasteiger partial charge in [-0.05, 0) is 18.4 Å². The summed E-state index contributed by atoms with van der Waals surface area (Å²) in [5.41, 5.74) is 0.912. The number of thioether (sulfide) groups is 1. The van der Waals surface area contributed by atoms with Gasteiger partial charge in [0, 0.05) is 5.69 Å². The minimum atomic E-state index is -0.582. The quantitative estimate of drug-likeness (QED) is 0.404. The molecule has 0 spiro atoms. The second-order valence-electron chi connectivity index (χ2n) is 3.71. The molecule has 0 unspecified atom stereocenters. The lowest BCUT2D eigenvalue weighted by Crippen LogP contribution is -2.10. The minimum Gasteiger partial charge on any atom is -0.465 e. The second kappa shape index (κ2) is 6.58. The molecule has 1 N–H and O–H groups in total. The van der Waals surface area contributed by atoms with E-state index in [1.165, 1.54) is 18.9 Å². The number of anilines is 2. The first-order valence-corrected chi connectivity index (χ1v) is 7.28. The number of aromatic nitrogens is 2. The van der Waals surface area contributed by atoms with Gasteiger partial charge in [0.25, 0.3) is 0 Å². The number of nitrogens with zero attached hydrogens (tertiary/aromatic N) is 2. The normalized spacial score (nSPS) is 10.2. The van der Waals surface area contributed by atoms with E-state index >= 15 is 0 Å². The highest BCUT2D eigenvalue weighted by atomic mass is 35.5. The molecule has 1 aromatic carbocycles. The standard InChI is InChI=1S/C13H12ClN3O2S/c1-19-12(18)9-10(14)16-13(20-2)17-11(9)15-8-6-4-3-5-7-8/h3-7H,1-2H3,(H,15,16,17). The van der Waals surface area contributed by atoms with E-state index in [2.05, 4.69) is 15.3 Å². The van der Waals surface area contributed by atoms with Crippen LogP contribution in [0.5, 0.6) is 0 Å². The predicted octanol–water partition coefficient (Wildman–Crippen LogP) is 3.38. The van der Waals surface area contributed by atoms with Gasteiger partial charge in [0.2, 0.25) is 0 Å². The third-order valence-corrected chi connectivity index (χ3v) is 3.27. The molecule has 2 aromatic rings. The van der Waals surface area contributed by atoms with Gasteiger partial charge in [-0.25, -0.2) is 14.8 Å². The van der Waals surface area contributed by atoms with Crippen LogP contribution in [0.1, 0.15) is 10.4 Å². The van der Waals surface area contributed by atoms with Crippen molar-refractivity contribution in [3.63, 3.8) is 0 Å². The number of ether oxygens (including phenoxy) is 1. The van der Waals surface area contributed by atoms with Gasteiger partial charge in [-0.1, -0.05) is 41.6 Å². The lowest BCUT2D eigenvalue weighted by atomic mass is 10.2. The van der Waals surface area contributed by atoms with Crippen molar-refractivity contribution in [3.8, 4) is 0 Å². The van der Waals surface area contributed by atoms with Gasteiger partial charge >= 0.3 is 5.97 Å². The molecule has 1 heterocycles. The molecule has 0 atom stereocenters. The number of halogens is 1. The largest absolute Gasteiger partial charge is 0.465 e. The van der Waals surface area contributed by atoms with E-state index in [4.69, 9.17) is 16.3 Å². The zero-order chi connectivity index (χ0) is 14.5. The number of nitrogens with one attached hydrogen (secondary N) is 1. The van der Waals surface area contributed by atoms with E-state index in [9.17, 15) is 4.79 Å². The van der Waals surface area contributed by atoms with Crippen LogP contribution in [0.25, 0.3) is 0 Å². The van der Waals surface area contributed by atoms with Crippen LogP contribution < -0.4 is 5.32 Å². The molecule has 1 aromatic heterocycles. The van der Waals surface area contributed by atoms with Crippen LogP contribution in [0.15, 0.2) is 35.5 Å². The zero-order valence-electron chi connectivity index (χ0n) is 10.9. The van der Waals surface area contributed by atoms with Crippen molar-refractivity contribution in [2.24, 2.45) is 0 Å². The number of methoxy groups -OCH3 is 1. The number of benzene rings is 1. The highest BCUT2D eigenvalue weighted by Gasteiger charge is 2.20. The smallest absolute Gasteiger partial charge is 0.344 e. The maximum Gasteiger partial charge on any atom is 0.344 e. The Hall–Kier alpha value is -1.79. The summed E-state index contributed by atoms with van der Waals surface area (Å²) < 4.78 is 4.72. The van der Waals surface area contributed by atoms with E-state index < -0.39 is 5.97 Å². The Morgan fingerprint density at radius 3 is 2.60 bits per heavy atom. The maximum absolute atomic E-state index is 11.8. The van der Waals surface area contributed by atoms with Gasteiger partial charge < -0.3 is 10.1 Å². The summed E-state index contributed by atoms with van der Waals surface area (Å²) in [4.78, 5) is 20.1. The number of hydrogen-bond donors (Lipinski definition) is 1. The fourth-order valence-corrected chi connectivity index (χ4v) is 2.20. The first kappa shape index (κ1) is 14.6. The Labute approximate surface area is 125 Å². The number of rotatable bonds is 4. The summed E-state index contributed by atoms with van der Waals surface area (Å²) in [6, 6.07) is 9.36. The third kappa shape index (κ3) is 3.20. The molecule has 2 rings (SSSR count). The zero-order valence-corrected chi connectivity index (χ0v) is 12.5. The van der Waals surface area contributed by atoms with Crippen molar-refractivity contribution in [2.75, 3.05) is 18.7 Å². The lowest BCUT2D eigenvalue weighted by molar-refractivity contribution is 0.0601. The predicted molar refractivity (Wildman–Crippen MR) is 79.9 cm³/mol. The molecule has 0 bridgehead atoms. The van der Waals surface area contributed by atoms with Crippen molar-refractivity contribution in [1.29, 1.82) is 0 Å². The molecule has 0 aliphatic rings. The number of carbonyl (C=O) groups is 1. The van der Waals surface area contributed by atoms with Crippen molar-refractivity contribution < 1.29 is 9.53 Å². The van der Waals surface area contributed by atoms with E-state index in [1.807, 2.05) is 36.6 Å². The summed E-state index contributed by atoms with van der Waals surface area (Å²) in [7, 11) is 1.29. The van der Waals surface area contributed by atoms with E-state index in [0.29, 0.717) is 11.0 Å². The van der Waals surface area contributed by atoms with Crippen LogP contribution >= 0.6 is 23.4 Å². The van der Waals surface area contributed by atoms with Crippen molar-refractivity contribution >= 4 is 40.8 Å². The van der Waals surface area contributed by atoms with Crippen molar-refractivity contribution in [1.82, 2.24) is 9.97 Å². The number of carbonyl (C=O) groups excluding carboxylic acids is 1. The van der Waals surface area contributed by atoms with Gasteiger partial charge in [0.15, 0.2) is 11.0 Å². The maximum atomic E-state index is 11.8. The van der Waals surface area contributed by atoms with Crippen molar-refractivity contribution in [3.05, 3.63) is 41.0 Å². The van der Waals surface area contributed by atoms with Crippen LogP contribution in [0, 0.1) is 0 Å². The van der Waals surface area contributed by atoms with Crippen LogP contribution in [-0.4, -0.2) is 29.3 Å². The van der Waals surface area contributed by atoms with Crippen LogP contribution in [-0.2, 0) is 4.74 Å². The van der Waals surface area contributed by atoms with E-state index in [-0.39, 0.29) is 10.7 Å². The molecule has 20 heavy (non-hydrogen) atoms. The molecular formula is C13H12ClN3O2S. The van der Waals surface area contributed by atoms with Gasteiger partial charge in [0.05, 0.1) is 7.11 Å². The highest BCUT2D eigenvalue weighted by Crippen LogP contribution is 2.27. The van der Waals surface area contributed by atoms with Crippen LogP contribution in [0.2, 0.25) is 5.15 Å². The van der Waals surface area contributed by atoms with Crippen molar-refractivity contribution in [2.45, 2.75) is 5.16 Å². The van der Waals surface area contributed by atoms with Gasteiger partial charge in [0.1, 0.15) is 10.7 Å². The number of hydrogen-bond acceptors (Lipinski definition) is 6. The Morgan fingerprint density at radius 1 is 1.30 bits per heavy atom. The Kier molecular flexibility index (Phi) is 4.81. The molecule has 7 heteroatoms. The lowest BCUT2D eigenvalue weighted by Gasteiger charge is -2.11. The molecule has 0 radical (unpaired) electrons. The molecule has 0 saturated heterocycles. The monoisotopic (exact) mass is 309 g/mol. The SMILES string of the molecule is COC(=O)c1c(Cl)nc(SC)nc1Nc1ccccc1. The van der Waals surface area contributed by atoms with Gasteiger partial charge in [-0.3, -0.25) is 0 Å². The molecule has 0 amide bonds. The fraction of sp³-hybridized carbons (Fsp3) is 0.154.